The van der Waals surface area contributed by atoms with Crippen LogP contribution in [0.2, 0.25) is 0 Å². The molecule has 0 spiro atoms. The molecule has 0 aliphatic heterocycles. The lowest BCUT2D eigenvalue weighted by molar-refractivity contribution is 0.498. The summed E-state index contributed by atoms with van der Waals surface area (Å²) in [7, 11) is -3.58. The number of aryl methyl sites for hydroxylation is 1. The van der Waals surface area contributed by atoms with Crippen LogP contribution in [0.15, 0.2) is 45.9 Å². The molecule has 0 aliphatic carbocycles. The summed E-state index contributed by atoms with van der Waals surface area (Å²) < 4.78 is 32.0. The molecule has 6 nitrogen and oxygen atoms in total. The van der Waals surface area contributed by atoms with Gasteiger partial charge in [0.05, 0.1) is 28.7 Å². The van der Waals surface area contributed by atoms with Gasteiger partial charge < -0.3 is 9.40 Å². The van der Waals surface area contributed by atoms with E-state index in [4.69, 9.17) is 4.42 Å². The second-order valence-electron chi connectivity index (χ2n) is 4.41. The van der Waals surface area contributed by atoms with Crippen LogP contribution >= 0.6 is 0 Å². The number of nitrogens with zero attached hydrogens (tertiary/aromatic N) is 1. The van der Waals surface area contributed by atoms with Crippen LogP contribution in [-0.2, 0) is 16.6 Å². The number of nitrogens with one attached hydrogen (secondary N) is 2. The molecule has 2 N–H and O–H groups in total. The van der Waals surface area contributed by atoms with Crippen LogP contribution in [0.5, 0.6) is 0 Å². The molecule has 0 fully saturated rings. The van der Waals surface area contributed by atoms with Gasteiger partial charge in [-0.25, -0.2) is 18.1 Å². The minimum absolute atomic E-state index is 0.120. The van der Waals surface area contributed by atoms with Crippen molar-refractivity contribution >= 4 is 21.1 Å². The maximum Gasteiger partial charge on any atom is 0.241 e. The first kappa shape index (κ1) is 12.9. The zero-order valence-electron chi connectivity index (χ0n) is 10.8. The molecular formula is C13H13N3O3S. The standard InChI is InChI=1S/C13H13N3O3S/c1-9-15-12-5-4-11(7-13(12)16-9)20(17,18)14-8-10-3-2-6-19-10/h2-7,14H,8H2,1H3,(H,15,16). The number of aromatic amines is 1. The van der Waals surface area contributed by atoms with Crippen molar-refractivity contribution < 1.29 is 12.8 Å². The van der Waals surface area contributed by atoms with Gasteiger partial charge in [0.2, 0.25) is 10.0 Å². The summed E-state index contributed by atoms with van der Waals surface area (Å²) in [6.45, 7) is 1.94. The van der Waals surface area contributed by atoms with Crippen molar-refractivity contribution in [3.8, 4) is 0 Å². The lowest BCUT2D eigenvalue weighted by atomic mass is 10.3. The monoisotopic (exact) mass is 291 g/mol. The quantitative estimate of drug-likeness (QED) is 0.769. The molecule has 2 heterocycles. The molecule has 0 amide bonds. The molecule has 0 bridgehead atoms. The van der Waals surface area contributed by atoms with E-state index in [1.165, 1.54) is 12.3 Å². The second kappa shape index (κ2) is 4.77. The smallest absolute Gasteiger partial charge is 0.241 e. The summed E-state index contributed by atoms with van der Waals surface area (Å²) in [5.74, 6) is 1.31. The molecule has 0 saturated heterocycles. The Bertz CT molecular complexity index is 835. The molecule has 0 saturated carbocycles. The van der Waals surface area contributed by atoms with Gasteiger partial charge in [-0.15, -0.1) is 0 Å². The summed E-state index contributed by atoms with van der Waals surface area (Å²) in [6.07, 6.45) is 1.50. The second-order valence-corrected chi connectivity index (χ2v) is 6.17. The summed E-state index contributed by atoms with van der Waals surface area (Å²) in [5.41, 5.74) is 1.44. The number of fused-ring (bicyclic) bond motifs is 1. The largest absolute Gasteiger partial charge is 0.468 e. The normalized spacial score (nSPS) is 12.1. The number of hydrogen-bond donors (Lipinski definition) is 2. The summed E-state index contributed by atoms with van der Waals surface area (Å²) >= 11 is 0. The average molecular weight is 291 g/mol. The number of rotatable bonds is 4. The molecule has 3 aromatic rings. The van der Waals surface area contributed by atoms with Crippen LogP contribution < -0.4 is 4.72 Å². The van der Waals surface area contributed by atoms with E-state index in [2.05, 4.69) is 14.7 Å². The predicted octanol–water partition coefficient (Wildman–Crippen LogP) is 1.94. The maximum atomic E-state index is 12.2. The van der Waals surface area contributed by atoms with E-state index in [0.717, 1.165) is 11.3 Å². The van der Waals surface area contributed by atoms with Gasteiger partial charge in [-0.05, 0) is 37.3 Å². The third-order valence-corrected chi connectivity index (χ3v) is 4.30. The van der Waals surface area contributed by atoms with E-state index in [1.807, 2.05) is 6.92 Å². The topological polar surface area (TPSA) is 88.0 Å². The molecule has 2 aromatic heterocycles. The lowest BCUT2D eigenvalue weighted by Gasteiger charge is -2.05. The van der Waals surface area contributed by atoms with Crippen molar-refractivity contribution in [2.75, 3.05) is 0 Å². The highest BCUT2D eigenvalue weighted by molar-refractivity contribution is 7.89. The number of sulfonamides is 1. The first-order chi connectivity index (χ1) is 9.54. The molecule has 0 aliphatic rings. The summed E-state index contributed by atoms with van der Waals surface area (Å²) in [5, 5.41) is 0. The van der Waals surface area contributed by atoms with Gasteiger partial charge in [-0.1, -0.05) is 0 Å². The van der Waals surface area contributed by atoms with Gasteiger partial charge in [-0.2, -0.15) is 0 Å². The molecule has 104 valence electrons. The van der Waals surface area contributed by atoms with Gasteiger partial charge in [0.1, 0.15) is 11.6 Å². The van der Waals surface area contributed by atoms with E-state index in [-0.39, 0.29) is 11.4 Å². The van der Waals surface area contributed by atoms with E-state index in [0.29, 0.717) is 11.3 Å². The van der Waals surface area contributed by atoms with E-state index >= 15 is 0 Å². The average Bonchev–Trinajstić information content (AvgIpc) is 3.03. The Labute approximate surface area is 115 Å². The van der Waals surface area contributed by atoms with Crippen molar-refractivity contribution in [3.63, 3.8) is 0 Å². The Balaban J connectivity index is 1.88. The molecule has 0 unspecified atom stereocenters. The molecule has 0 atom stereocenters. The summed E-state index contributed by atoms with van der Waals surface area (Å²) in [4.78, 5) is 7.45. The Morgan fingerprint density at radius 3 is 2.95 bits per heavy atom. The van der Waals surface area contributed by atoms with Crippen LogP contribution in [-0.4, -0.2) is 18.4 Å². The fraction of sp³-hybridized carbons (Fsp3) is 0.154. The van der Waals surface area contributed by atoms with Gasteiger partial charge in [0, 0.05) is 0 Å². The van der Waals surface area contributed by atoms with E-state index < -0.39 is 10.0 Å². The highest BCUT2D eigenvalue weighted by Gasteiger charge is 2.15. The molecular weight excluding hydrogens is 278 g/mol. The predicted molar refractivity (Wildman–Crippen MR) is 73.6 cm³/mol. The van der Waals surface area contributed by atoms with Crippen LogP contribution in [0.25, 0.3) is 11.0 Å². The van der Waals surface area contributed by atoms with Crippen molar-refractivity contribution in [3.05, 3.63) is 48.2 Å². The third-order valence-electron chi connectivity index (χ3n) is 2.90. The number of hydrogen-bond acceptors (Lipinski definition) is 4. The van der Waals surface area contributed by atoms with Crippen molar-refractivity contribution in [2.24, 2.45) is 0 Å². The number of furan rings is 1. The van der Waals surface area contributed by atoms with Crippen LogP contribution in [0.1, 0.15) is 11.6 Å². The van der Waals surface area contributed by atoms with Gasteiger partial charge in [0.15, 0.2) is 0 Å². The third kappa shape index (κ3) is 2.45. The fourth-order valence-corrected chi connectivity index (χ4v) is 2.97. The van der Waals surface area contributed by atoms with Crippen molar-refractivity contribution in [1.82, 2.24) is 14.7 Å². The zero-order valence-corrected chi connectivity index (χ0v) is 11.6. The zero-order chi connectivity index (χ0) is 14.2. The molecule has 7 heteroatoms. The lowest BCUT2D eigenvalue weighted by Crippen LogP contribution is -2.22. The number of H-pyrrole nitrogens is 1. The maximum absolute atomic E-state index is 12.2. The number of benzene rings is 1. The molecule has 0 radical (unpaired) electrons. The van der Waals surface area contributed by atoms with Crippen LogP contribution in [0.4, 0.5) is 0 Å². The first-order valence-corrected chi connectivity index (χ1v) is 7.51. The SMILES string of the molecule is Cc1nc2ccc(S(=O)(=O)NCc3ccco3)cc2[nH]1. The highest BCUT2D eigenvalue weighted by atomic mass is 32.2. The molecule has 3 rings (SSSR count). The van der Waals surface area contributed by atoms with Crippen LogP contribution in [0, 0.1) is 6.92 Å². The Kier molecular flexibility index (Phi) is 3.07. The fourth-order valence-electron chi connectivity index (χ4n) is 1.95. The van der Waals surface area contributed by atoms with Gasteiger partial charge in [0.25, 0.3) is 0 Å². The van der Waals surface area contributed by atoms with Crippen molar-refractivity contribution in [1.29, 1.82) is 0 Å². The van der Waals surface area contributed by atoms with E-state index in [9.17, 15) is 8.42 Å². The Morgan fingerprint density at radius 2 is 2.20 bits per heavy atom. The minimum atomic E-state index is -3.58. The Hall–Kier alpha value is -2.12. The summed E-state index contributed by atoms with van der Waals surface area (Å²) in [6, 6.07) is 8.21. The number of imidazole rings is 1. The van der Waals surface area contributed by atoms with Crippen molar-refractivity contribution in [2.45, 2.75) is 18.4 Å². The van der Waals surface area contributed by atoms with Gasteiger partial charge >= 0.3 is 0 Å². The molecule has 1 aromatic carbocycles. The first-order valence-electron chi connectivity index (χ1n) is 6.03. The highest BCUT2D eigenvalue weighted by Crippen LogP contribution is 2.17. The minimum Gasteiger partial charge on any atom is -0.468 e. The number of aromatic nitrogens is 2. The Morgan fingerprint density at radius 1 is 1.35 bits per heavy atom. The van der Waals surface area contributed by atoms with E-state index in [1.54, 1.807) is 24.3 Å². The molecule has 20 heavy (non-hydrogen) atoms. The van der Waals surface area contributed by atoms with Gasteiger partial charge in [-0.3, -0.25) is 0 Å². The van der Waals surface area contributed by atoms with Crippen LogP contribution in [0.3, 0.4) is 0 Å².